The molecule has 7 heteroatoms. The molecule has 0 aliphatic carbocycles. The first-order valence-corrected chi connectivity index (χ1v) is 9.00. The van der Waals surface area contributed by atoms with Gasteiger partial charge < -0.3 is 9.84 Å². The zero-order chi connectivity index (χ0) is 17.9. The number of benzene rings is 2. The van der Waals surface area contributed by atoms with Gasteiger partial charge in [0.1, 0.15) is 4.88 Å². The molecule has 0 atom stereocenters. The van der Waals surface area contributed by atoms with Crippen LogP contribution in [-0.4, -0.2) is 16.0 Å². The third-order valence-corrected chi connectivity index (χ3v) is 4.79. The molecule has 0 spiro atoms. The van der Waals surface area contributed by atoms with E-state index in [-0.39, 0.29) is 5.91 Å². The van der Waals surface area contributed by atoms with Crippen LogP contribution >= 0.6 is 22.9 Å². The standard InChI is InChI=1S/C19H12ClN3O2S/c20-14-8-4-7-13(11-14)18(24)21-15-9-10-26-16(15)19-22-17(23-25-19)12-5-2-1-3-6-12/h1-11H,(H,21,24). The Morgan fingerprint density at radius 1 is 1.08 bits per heavy atom. The maximum atomic E-state index is 12.4. The normalized spacial score (nSPS) is 10.7. The Morgan fingerprint density at radius 3 is 2.73 bits per heavy atom. The minimum Gasteiger partial charge on any atom is -0.333 e. The molecule has 0 saturated heterocycles. The molecule has 0 saturated carbocycles. The third-order valence-electron chi connectivity index (χ3n) is 3.65. The lowest BCUT2D eigenvalue weighted by Crippen LogP contribution is -2.11. The fraction of sp³-hybridized carbons (Fsp3) is 0. The van der Waals surface area contributed by atoms with E-state index in [2.05, 4.69) is 15.5 Å². The fourth-order valence-corrected chi connectivity index (χ4v) is 3.38. The van der Waals surface area contributed by atoms with Gasteiger partial charge in [0.15, 0.2) is 0 Å². The minimum absolute atomic E-state index is 0.255. The summed E-state index contributed by atoms with van der Waals surface area (Å²) in [6.45, 7) is 0. The monoisotopic (exact) mass is 381 g/mol. The quantitative estimate of drug-likeness (QED) is 0.516. The topological polar surface area (TPSA) is 68.0 Å². The van der Waals surface area contributed by atoms with E-state index in [4.69, 9.17) is 16.1 Å². The van der Waals surface area contributed by atoms with Crippen LogP contribution in [0.25, 0.3) is 22.2 Å². The average Bonchev–Trinajstić information content (AvgIpc) is 3.31. The van der Waals surface area contributed by atoms with E-state index in [1.165, 1.54) is 11.3 Å². The Balaban J connectivity index is 1.60. The van der Waals surface area contributed by atoms with Gasteiger partial charge in [-0.2, -0.15) is 4.98 Å². The SMILES string of the molecule is O=C(Nc1ccsc1-c1nc(-c2ccccc2)no1)c1cccc(Cl)c1. The van der Waals surface area contributed by atoms with E-state index >= 15 is 0 Å². The maximum absolute atomic E-state index is 12.4. The van der Waals surface area contributed by atoms with Crippen molar-refractivity contribution in [3.8, 4) is 22.2 Å². The molecule has 0 unspecified atom stereocenters. The highest BCUT2D eigenvalue weighted by molar-refractivity contribution is 7.14. The number of anilines is 1. The predicted octanol–water partition coefficient (Wildman–Crippen LogP) is 5.37. The number of carbonyl (C=O) groups excluding carboxylic acids is 1. The summed E-state index contributed by atoms with van der Waals surface area (Å²) in [4.78, 5) is 17.6. The number of aromatic nitrogens is 2. The zero-order valence-electron chi connectivity index (χ0n) is 13.3. The van der Waals surface area contributed by atoms with E-state index in [1.807, 2.05) is 35.7 Å². The zero-order valence-corrected chi connectivity index (χ0v) is 14.9. The van der Waals surface area contributed by atoms with Crippen molar-refractivity contribution in [2.45, 2.75) is 0 Å². The first-order chi connectivity index (χ1) is 12.7. The molecule has 0 radical (unpaired) electrons. The van der Waals surface area contributed by atoms with Crippen molar-refractivity contribution in [3.63, 3.8) is 0 Å². The highest BCUT2D eigenvalue weighted by Gasteiger charge is 2.17. The van der Waals surface area contributed by atoms with E-state index in [0.717, 1.165) is 5.56 Å². The average molecular weight is 382 g/mol. The van der Waals surface area contributed by atoms with Crippen LogP contribution in [0.15, 0.2) is 70.6 Å². The molecule has 4 rings (SSSR count). The number of nitrogens with one attached hydrogen (secondary N) is 1. The third kappa shape index (κ3) is 3.37. The Bertz CT molecular complexity index is 1060. The van der Waals surface area contributed by atoms with E-state index in [9.17, 15) is 4.79 Å². The van der Waals surface area contributed by atoms with Crippen molar-refractivity contribution in [1.82, 2.24) is 10.1 Å². The van der Waals surface area contributed by atoms with E-state index in [0.29, 0.717) is 32.9 Å². The number of thiophene rings is 1. The van der Waals surface area contributed by atoms with Crippen molar-refractivity contribution in [1.29, 1.82) is 0 Å². The molecule has 26 heavy (non-hydrogen) atoms. The lowest BCUT2D eigenvalue weighted by Gasteiger charge is -2.05. The molecule has 0 aliphatic rings. The van der Waals surface area contributed by atoms with Crippen LogP contribution in [0.4, 0.5) is 5.69 Å². The smallest absolute Gasteiger partial charge is 0.270 e. The van der Waals surface area contributed by atoms with Gasteiger partial charge in [-0.3, -0.25) is 4.79 Å². The summed E-state index contributed by atoms with van der Waals surface area (Å²) >= 11 is 7.36. The van der Waals surface area contributed by atoms with Crippen LogP contribution in [0.5, 0.6) is 0 Å². The highest BCUT2D eigenvalue weighted by Crippen LogP contribution is 2.34. The molecule has 128 valence electrons. The summed E-state index contributed by atoms with van der Waals surface area (Å²) < 4.78 is 5.39. The summed E-state index contributed by atoms with van der Waals surface area (Å²) in [5, 5.41) is 9.25. The van der Waals surface area contributed by atoms with Gasteiger partial charge in [0.25, 0.3) is 11.8 Å². The second kappa shape index (κ2) is 7.11. The van der Waals surface area contributed by atoms with E-state index < -0.39 is 0 Å². The van der Waals surface area contributed by atoms with Gasteiger partial charge >= 0.3 is 0 Å². The Labute approximate surface area is 158 Å². The molecule has 2 heterocycles. The van der Waals surface area contributed by atoms with Crippen LogP contribution in [0.1, 0.15) is 10.4 Å². The summed E-state index contributed by atoms with van der Waals surface area (Å²) in [5.74, 6) is 0.608. The van der Waals surface area contributed by atoms with Crippen molar-refractivity contribution in [2.75, 3.05) is 5.32 Å². The molecular formula is C19H12ClN3O2S. The molecule has 0 aliphatic heterocycles. The van der Waals surface area contributed by atoms with Crippen molar-refractivity contribution < 1.29 is 9.32 Å². The molecular weight excluding hydrogens is 370 g/mol. The van der Waals surface area contributed by atoms with Crippen LogP contribution in [-0.2, 0) is 0 Å². The number of nitrogens with zero attached hydrogens (tertiary/aromatic N) is 2. The number of rotatable bonds is 4. The van der Waals surface area contributed by atoms with Crippen LogP contribution in [0, 0.1) is 0 Å². The van der Waals surface area contributed by atoms with Gasteiger partial charge in [-0.15, -0.1) is 11.3 Å². The molecule has 0 fully saturated rings. The van der Waals surface area contributed by atoms with Gasteiger partial charge in [0.05, 0.1) is 5.69 Å². The second-order valence-corrected chi connectivity index (χ2v) is 6.77. The largest absolute Gasteiger partial charge is 0.333 e. The van der Waals surface area contributed by atoms with Crippen LogP contribution < -0.4 is 5.32 Å². The number of amides is 1. The number of halogens is 1. The first-order valence-electron chi connectivity index (χ1n) is 7.74. The van der Waals surface area contributed by atoms with Gasteiger partial charge in [-0.1, -0.05) is 53.2 Å². The second-order valence-electron chi connectivity index (χ2n) is 5.42. The Kier molecular flexibility index (Phi) is 4.51. The Morgan fingerprint density at radius 2 is 1.92 bits per heavy atom. The maximum Gasteiger partial charge on any atom is 0.270 e. The van der Waals surface area contributed by atoms with Crippen LogP contribution in [0.3, 0.4) is 0 Å². The number of carbonyl (C=O) groups is 1. The van der Waals surface area contributed by atoms with Crippen molar-refractivity contribution in [2.24, 2.45) is 0 Å². The minimum atomic E-state index is -0.255. The van der Waals surface area contributed by atoms with Gasteiger partial charge in [0.2, 0.25) is 5.82 Å². The van der Waals surface area contributed by atoms with Crippen molar-refractivity contribution in [3.05, 3.63) is 76.6 Å². The first kappa shape index (κ1) is 16.5. The summed E-state index contributed by atoms with van der Waals surface area (Å²) in [7, 11) is 0. The highest BCUT2D eigenvalue weighted by atomic mass is 35.5. The number of hydrogen-bond acceptors (Lipinski definition) is 5. The van der Waals surface area contributed by atoms with Gasteiger partial charge in [-0.05, 0) is 29.6 Å². The van der Waals surface area contributed by atoms with Crippen LogP contribution in [0.2, 0.25) is 5.02 Å². The van der Waals surface area contributed by atoms with Gasteiger partial charge in [0, 0.05) is 16.1 Å². The van der Waals surface area contributed by atoms with Crippen molar-refractivity contribution >= 4 is 34.5 Å². The van der Waals surface area contributed by atoms with E-state index in [1.54, 1.807) is 30.3 Å². The lowest BCUT2D eigenvalue weighted by molar-refractivity contribution is 0.102. The molecule has 1 N–H and O–H groups in total. The predicted molar refractivity (Wildman–Crippen MR) is 102 cm³/mol. The number of hydrogen-bond donors (Lipinski definition) is 1. The molecule has 4 aromatic rings. The molecule has 2 aromatic carbocycles. The fourth-order valence-electron chi connectivity index (χ4n) is 2.42. The Hall–Kier alpha value is -2.96. The summed E-state index contributed by atoms with van der Waals surface area (Å²) in [6, 6.07) is 18.1. The molecule has 0 bridgehead atoms. The molecule has 2 aromatic heterocycles. The summed E-state index contributed by atoms with van der Waals surface area (Å²) in [6.07, 6.45) is 0. The lowest BCUT2D eigenvalue weighted by atomic mass is 10.2. The summed E-state index contributed by atoms with van der Waals surface area (Å²) in [5.41, 5.74) is 1.96. The molecule has 5 nitrogen and oxygen atoms in total. The molecule has 1 amide bonds. The van der Waals surface area contributed by atoms with Gasteiger partial charge in [-0.25, -0.2) is 0 Å².